The second-order valence-corrected chi connectivity index (χ2v) is 7.88. The fourth-order valence-corrected chi connectivity index (χ4v) is 2.77. The number of carbonyl (C=O) groups is 3. The number of unbranched alkanes of at least 4 members (excludes halogenated alkanes) is 1. The number of hydrogen-bond donors (Lipinski definition) is 1. The van der Waals surface area contributed by atoms with Crippen molar-refractivity contribution in [2.75, 3.05) is 7.11 Å². The van der Waals surface area contributed by atoms with Crippen molar-refractivity contribution in [2.45, 2.75) is 71.6 Å². The molecule has 0 radical (unpaired) electrons. The summed E-state index contributed by atoms with van der Waals surface area (Å²) in [6, 6.07) is 8.68. The van der Waals surface area contributed by atoms with Crippen molar-refractivity contribution in [2.24, 2.45) is 5.92 Å². The molecule has 0 aliphatic heterocycles. The van der Waals surface area contributed by atoms with Crippen LogP contribution in [0, 0.1) is 5.92 Å². The van der Waals surface area contributed by atoms with E-state index >= 15 is 0 Å². The van der Waals surface area contributed by atoms with Gasteiger partial charge in [0.2, 0.25) is 0 Å². The smallest absolute Gasteiger partial charge is 0.407 e. The summed E-state index contributed by atoms with van der Waals surface area (Å²) in [5.74, 6) is -1.96. The lowest BCUT2D eigenvalue weighted by Crippen LogP contribution is -2.46. The van der Waals surface area contributed by atoms with Gasteiger partial charge in [0.15, 0.2) is 0 Å². The Hall–Kier alpha value is -2.57. The van der Waals surface area contributed by atoms with Gasteiger partial charge in [-0.1, -0.05) is 50.1 Å². The van der Waals surface area contributed by atoms with Crippen LogP contribution in [-0.4, -0.2) is 36.8 Å². The molecular weight excluding hydrogens is 374 g/mol. The second kappa shape index (κ2) is 12.1. The molecule has 1 amide bonds. The maximum absolute atomic E-state index is 12.4. The molecule has 0 saturated heterocycles. The van der Waals surface area contributed by atoms with Gasteiger partial charge in [-0.15, -0.1) is 0 Å². The van der Waals surface area contributed by atoms with Crippen LogP contribution in [0.25, 0.3) is 0 Å². The molecule has 0 spiro atoms. The first-order valence-corrected chi connectivity index (χ1v) is 9.93. The Morgan fingerprint density at radius 2 is 1.76 bits per heavy atom. The lowest BCUT2D eigenvalue weighted by Gasteiger charge is -2.27. The molecule has 0 saturated carbocycles. The lowest BCUT2D eigenvalue weighted by molar-refractivity contribution is -0.155. The highest BCUT2D eigenvalue weighted by molar-refractivity contribution is 5.81. The number of rotatable bonds is 10. The zero-order valence-electron chi connectivity index (χ0n) is 18.0. The van der Waals surface area contributed by atoms with Crippen LogP contribution in [-0.2, 0) is 30.4 Å². The third-order valence-corrected chi connectivity index (χ3v) is 4.19. The van der Waals surface area contributed by atoms with E-state index in [-0.39, 0.29) is 13.0 Å². The maximum atomic E-state index is 12.4. The van der Waals surface area contributed by atoms with E-state index in [2.05, 4.69) is 5.32 Å². The van der Waals surface area contributed by atoms with Crippen molar-refractivity contribution >= 4 is 18.0 Å². The monoisotopic (exact) mass is 407 g/mol. The quantitative estimate of drug-likeness (QED) is 0.466. The van der Waals surface area contributed by atoms with Crippen LogP contribution in [0.2, 0.25) is 0 Å². The standard InChI is InChI=1S/C22H33NO6/c1-6-7-13-18(23-21(26)29-22(2,3)4)17(20(25)27-5)14-19(24)28-15-16-11-9-8-10-12-16/h8-12,17-18H,6-7,13-15H2,1-5H3,(H,23,26). The molecule has 2 atom stereocenters. The Morgan fingerprint density at radius 3 is 2.31 bits per heavy atom. The number of hydrogen-bond acceptors (Lipinski definition) is 6. The highest BCUT2D eigenvalue weighted by atomic mass is 16.6. The highest BCUT2D eigenvalue weighted by Crippen LogP contribution is 2.19. The molecule has 1 N–H and O–H groups in total. The number of benzene rings is 1. The van der Waals surface area contributed by atoms with Crippen molar-refractivity contribution < 1.29 is 28.6 Å². The van der Waals surface area contributed by atoms with Gasteiger partial charge in [0.1, 0.15) is 12.2 Å². The van der Waals surface area contributed by atoms with Crippen LogP contribution < -0.4 is 5.32 Å². The molecule has 2 unspecified atom stereocenters. The molecule has 0 fully saturated rings. The van der Waals surface area contributed by atoms with E-state index in [4.69, 9.17) is 14.2 Å². The summed E-state index contributed by atoms with van der Waals surface area (Å²) in [6.45, 7) is 7.39. The number of ether oxygens (including phenoxy) is 3. The fourth-order valence-electron chi connectivity index (χ4n) is 2.77. The molecule has 0 bridgehead atoms. The third kappa shape index (κ3) is 9.96. The number of esters is 2. The summed E-state index contributed by atoms with van der Waals surface area (Å²) in [7, 11) is 1.26. The summed E-state index contributed by atoms with van der Waals surface area (Å²) < 4.78 is 15.5. The first-order chi connectivity index (χ1) is 13.7. The van der Waals surface area contributed by atoms with E-state index in [0.717, 1.165) is 18.4 Å². The van der Waals surface area contributed by atoms with E-state index in [9.17, 15) is 14.4 Å². The van der Waals surface area contributed by atoms with Crippen LogP contribution in [0.3, 0.4) is 0 Å². The molecule has 1 aromatic carbocycles. The maximum Gasteiger partial charge on any atom is 0.407 e. The van der Waals surface area contributed by atoms with Gasteiger partial charge in [-0.2, -0.15) is 0 Å². The Kier molecular flexibility index (Phi) is 10.2. The minimum atomic E-state index is -0.859. The summed E-state index contributed by atoms with van der Waals surface area (Å²) in [5.41, 5.74) is 0.180. The predicted octanol–water partition coefficient (Wildman–Crippen LogP) is 3.99. The van der Waals surface area contributed by atoms with Crippen molar-refractivity contribution in [3.8, 4) is 0 Å². The third-order valence-electron chi connectivity index (χ3n) is 4.19. The largest absolute Gasteiger partial charge is 0.469 e. The zero-order valence-corrected chi connectivity index (χ0v) is 18.0. The average molecular weight is 408 g/mol. The van der Waals surface area contributed by atoms with Gasteiger partial charge in [-0.05, 0) is 32.8 Å². The summed E-state index contributed by atoms with van der Waals surface area (Å²) in [5, 5.41) is 2.73. The van der Waals surface area contributed by atoms with Gasteiger partial charge >= 0.3 is 18.0 Å². The predicted molar refractivity (Wildman–Crippen MR) is 109 cm³/mol. The Labute approximate surface area is 173 Å². The Bertz CT molecular complexity index is 653. The molecule has 162 valence electrons. The molecule has 0 aliphatic carbocycles. The Morgan fingerprint density at radius 1 is 1.10 bits per heavy atom. The Balaban J connectivity index is 2.83. The van der Waals surface area contributed by atoms with E-state index in [0.29, 0.717) is 6.42 Å². The fraction of sp³-hybridized carbons (Fsp3) is 0.591. The van der Waals surface area contributed by atoms with Gasteiger partial charge in [0.05, 0.1) is 19.4 Å². The molecule has 0 heterocycles. The first-order valence-electron chi connectivity index (χ1n) is 9.93. The van der Waals surface area contributed by atoms with Crippen LogP contribution >= 0.6 is 0 Å². The van der Waals surface area contributed by atoms with Crippen LogP contribution in [0.4, 0.5) is 4.79 Å². The summed E-state index contributed by atoms with van der Waals surface area (Å²) >= 11 is 0. The molecule has 7 heteroatoms. The van der Waals surface area contributed by atoms with E-state index in [1.54, 1.807) is 20.8 Å². The zero-order chi connectivity index (χ0) is 21.9. The minimum absolute atomic E-state index is 0.118. The van der Waals surface area contributed by atoms with Gasteiger partial charge in [-0.25, -0.2) is 4.79 Å². The van der Waals surface area contributed by atoms with Crippen molar-refractivity contribution in [3.05, 3.63) is 35.9 Å². The van der Waals surface area contributed by atoms with E-state index in [1.165, 1.54) is 7.11 Å². The number of nitrogens with one attached hydrogen (secondary N) is 1. The highest BCUT2D eigenvalue weighted by Gasteiger charge is 2.34. The topological polar surface area (TPSA) is 90.9 Å². The van der Waals surface area contributed by atoms with Gasteiger partial charge in [-0.3, -0.25) is 9.59 Å². The summed E-state index contributed by atoms with van der Waals surface area (Å²) in [6.07, 6.45) is 1.34. The lowest BCUT2D eigenvalue weighted by atomic mass is 9.92. The van der Waals surface area contributed by atoms with Crippen LogP contribution in [0.5, 0.6) is 0 Å². The number of amides is 1. The van der Waals surface area contributed by atoms with Crippen molar-refractivity contribution in [1.82, 2.24) is 5.32 Å². The van der Waals surface area contributed by atoms with E-state index < -0.39 is 35.6 Å². The number of carbonyl (C=O) groups excluding carboxylic acids is 3. The normalized spacial score (nSPS) is 13.1. The SMILES string of the molecule is CCCCC(NC(=O)OC(C)(C)C)C(CC(=O)OCc1ccccc1)C(=O)OC. The van der Waals surface area contributed by atoms with E-state index in [1.807, 2.05) is 37.3 Å². The summed E-state index contributed by atoms with van der Waals surface area (Å²) in [4.78, 5) is 37.0. The number of methoxy groups -OCH3 is 1. The van der Waals surface area contributed by atoms with Gasteiger partial charge in [0.25, 0.3) is 0 Å². The van der Waals surface area contributed by atoms with Crippen molar-refractivity contribution in [3.63, 3.8) is 0 Å². The van der Waals surface area contributed by atoms with Crippen molar-refractivity contribution in [1.29, 1.82) is 0 Å². The second-order valence-electron chi connectivity index (χ2n) is 7.88. The minimum Gasteiger partial charge on any atom is -0.469 e. The van der Waals surface area contributed by atoms with Gasteiger partial charge < -0.3 is 19.5 Å². The molecule has 1 aromatic rings. The first kappa shape index (κ1) is 24.5. The molecule has 0 aliphatic rings. The van der Waals surface area contributed by atoms with Crippen LogP contribution in [0.1, 0.15) is 58.9 Å². The molecule has 29 heavy (non-hydrogen) atoms. The molecule has 1 rings (SSSR count). The average Bonchev–Trinajstić information content (AvgIpc) is 2.66. The molecular formula is C22H33NO6. The number of alkyl carbamates (subject to hydrolysis) is 1. The van der Waals surface area contributed by atoms with Gasteiger partial charge in [0, 0.05) is 6.04 Å². The molecule has 0 aromatic heterocycles. The van der Waals surface area contributed by atoms with Crippen LogP contribution in [0.15, 0.2) is 30.3 Å². The molecule has 7 nitrogen and oxygen atoms in total.